The smallest absolute Gasteiger partial charge is 0.0920 e. The Morgan fingerprint density at radius 2 is 2.27 bits per heavy atom. The van der Waals surface area contributed by atoms with Crippen LogP contribution in [0.25, 0.3) is 0 Å². The first-order valence-electron chi connectivity index (χ1n) is 3.30. The molecule has 0 fully saturated rings. The van der Waals surface area contributed by atoms with E-state index in [2.05, 4.69) is 24.5 Å². The van der Waals surface area contributed by atoms with Crippen LogP contribution in [0.15, 0.2) is 12.7 Å². The van der Waals surface area contributed by atoms with Gasteiger partial charge >= 0.3 is 0 Å². The van der Waals surface area contributed by atoms with Crippen LogP contribution in [0.4, 0.5) is 0 Å². The summed E-state index contributed by atoms with van der Waals surface area (Å²) < 4.78 is 0. The number of hydrogen-bond donors (Lipinski definition) is 3. The third-order valence-electron chi connectivity index (χ3n) is 1.21. The van der Waals surface area contributed by atoms with E-state index in [0.717, 1.165) is 12.3 Å². The Hall–Kier alpha value is 0.300. The lowest BCUT2D eigenvalue weighted by Gasteiger charge is -2.18. The van der Waals surface area contributed by atoms with E-state index in [4.69, 9.17) is 0 Å². The molecular weight excluding hydrogens is 182 g/mol. The Balaban J connectivity index is 0. The lowest BCUT2D eigenvalue weighted by molar-refractivity contribution is 0.111. The van der Waals surface area contributed by atoms with E-state index < -0.39 is 5.60 Å². The summed E-state index contributed by atoms with van der Waals surface area (Å²) in [5.74, 6) is 0.785. The van der Waals surface area contributed by atoms with Crippen LogP contribution in [0, 0.1) is 0 Å². The van der Waals surface area contributed by atoms with E-state index in [1.165, 1.54) is 6.08 Å². The molecule has 2 N–H and O–H groups in total. The van der Waals surface area contributed by atoms with Crippen molar-refractivity contribution in [1.82, 2.24) is 5.32 Å². The lowest BCUT2D eigenvalue weighted by atomic mass is 10.1. The van der Waals surface area contributed by atoms with Gasteiger partial charge in [0, 0.05) is 18.8 Å². The fourth-order valence-electron chi connectivity index (χ4n) is 0.493. The Kier molecular flexibility index (Phi) is 8.79. The summed E-state index contributed by atoms with van der Waals surface area (Å²) in [5.41, 5.74) is -0.789. The molecule has 0 rings (SSSR count). The largest absolute Gasteiger partial charge is 0.385 e. The highest BCUT2D eigenvalue weighted by molar-refractivity contribution is 7.80. The average molecular weight is 198 g/mol. The predicted octanol–water partition coefficient (Wildman–Crippen LogP) is 0.865. The molecule has 2 nitrogen and oxygen atoms in total. The molecule has 4 heteroatoms. The summed E-state index contributed by atoms with van der Waals surface area (Å²) in [6.07, 6.45) is 1.53. The van der Waals surface area contributed by atoms with Gasteiger partial charge in [0.15, 0.2) is 0 Å². The molecule has 0 heterocycles. The Labute approximate surface area is 79.9 Å². The van der Waals surface area contributed by atoms with Crippen LogP contribution in [-0.2, 0) is 0 Å². The molecule has 11 heavy (non-hydrogen) atoms. The SMILES string of the molecule is C=CC(C)(O)CNCCS.Cl. The van der Waals surface area contributed by atoms with Crippen molar-refractivity contribution in [3.8, 4) is 0 Å². The molecule has 0 aromatic carbocycles. The Bertz CT molecular complexity index is 109. The Morgan fingerprint density at radius 1 is 1.73 bits per heavy atom. The monoisotopic (exact) mass is 197 g/mol. The third-order valence-corrected chi connectivity index (χ3v) is 1.43. The van der Waals surface area contributed by atoms with Crippen molar-refractivity contribution < 1.29 is 5.11 Å². The zero-order valence-electron chi connectivity index (χ0n) is 6.71. The summed E-state index contributed by atoms with van der Waals surface area (Å²) in [6.45, 7) is 6.57. The van der Waals surface area contributed by atoms with Crippen LogP contribution >= 0.6 is 25.0 Å². The van der Waals surface area contributed by atoms with Gasteiger partial charge in [-0.25, -0.2) is 0 Å². The first-order chi connectivity index (χ1) is 4.62. The zero-order valence-corrected chi connectivity index (χ0v) is 8.42. The molecular formula is C7H16ClNOS. The van der Waals surface area contributed by atoms with Crippen molar-refractivity contribution in [3.05, 3.63) is 12.7 Å². The van der Waals surface area contributed by atoms with Crippen LogP contribution in [0.5, 0.6) is 0 Å². The molecule has 0 saturated carbocycles. The average Bonchev–Trinajstić information content (AvgIpc) is 1.89. The number of rotatable bonds is 5. The van der Waals surface area contributed by atoms with Gasteiger partial charge in [0.1, 0.15) is 0 Å². The van der Waals surface area contributed by atoms with E-state index in [1.807, 2.05) is 0 Å². The van der Waals surface area contributed by atoms with E-state index in [0.29, 0.717) is 6.54 Å². The number of thiol groups is 1. The fraction of sp³-hybridized carbons (Fsp3) is 0.714. The van der Waals surface area contributed by atoms with Gasteiger partial charge in [-0.1, -0.05) is 6.08 Å². The van der Waals surface area contributed by atoms with Gasteiger partial charge in [0.05, 0.1) is 5.60 Å². The normalized spacial score (nSPS) is 14.8. The zero-order chi connectivity index (χ0) is 8.04. The lowest BCUT2D eigenvalue weighted by Crippen LogP contribution is -2.36. The molecule has 0 bridgehead atoms. The highest BCUT2D eigenvalue weighted by atomic mass is 35.5. The molecule has 0 radical (unpaired) electrons. The molecule has 0 aliphatic heterocycles. The summed E-state index contributed by atoms with van der Waals surface area (Å²) in [5, 5.41) is 12.4. The third kappa shape index (κ3) is 8.20. The number of hydrogen-bond acceptors (Lipinski definition) is 3. The summed E-state index contributed by atoms with van der Waals surface area (Å²) in [6, 6.07) is 0. The maximum absolute atomic E-state index is 9.34. The van der Waals surface area contributed by atoms with Gasteiger partial charge in [0.2, 0.25) is 0 Å². The maximum atomic E-state index is 9.34. The summed E-state index contributed by atoms with van der Waals surface area (Å²) >= 11 is 4.01. The van der Waals surface area contributed by atoms with Crippen LogP contribution in [0.2, 0.25) is 0 Å². The van der Waals surface area contributed by atoms with Crippen LogP contribution in [0.1, 0.15) is 6.92 Å². The fourth-order valence-corrected chi connectivity index (χ4v) is 0.651. The van der Waals surface area contributed by atoms with E-state index in [-0.39, 0.29) is 12.4 Å². The maximum Gasteiger partial charge on any atom is 0.0920 e. The first kappa shape index (κ1) is 13.9. The minimum Gasteiger partial charge on any atom is -0.385 e. The molecule has 0 aromatic rings. The second-order valence-corrected chi connectivity index (χ2v) is 2.91. The number of nitrogens with one attached hydrogen (secondary N) is 1. The first-order valence-corrected chi connectivity index (χ1v) is 3.93. The number of halogens is 1. The van der Waals surface area contributed by atoms with Gasteiger partial charge in [-0.2, -0.15) is 12.6 Å². The van der Waals surface area contributed by atoms with Crippen molar-refractivity contribution in [1.29, 1.82) is 0 Å². The van der Waals surface area contributed by atoms with E-state index in [9.17, 15) is 5.11 Å². The standard InChI is InChI=1S/C7H15NOS.ClH/c1-3-7(2,9)6-8-4-5-10;/h3,8-10H,1,4-6H2,2H3;1H. The van der Waals surface area contributed by atoms with Crippen LogP contribution in [-0.4, -0.2) is 29.5 Å². The van der Waals surface area contributed by atoms with Gasteiger partial charge in [-0.05, 0) is 6.92 Å². The highest BCUT2D eigenvalue weighted by Crippen LogP contribution is 2.00. The molecule has 1 unspecified atom stereocenters. The molecule has 0 amide bonds. The molecule has 0 aromatic heterocycles. The molecule has 0 saturated heterocycles. The topological polar surface area (TPSA) is 32.3 Å². The summed E-state index contributed by atoms with van der Waals surface area (Å²) in [7, 11) is 0. The Morgan fingerprint density at radius 3 is 2.64 bits per heavy atom. The molecule has 0 aliphatic carbocycles. The molecule has 0 aliphatic rings. The quantitative estimate of drug-likeness (QED) is 0.347. The second kappa shape index (κ2) is 6.98. The second-order valence-electron chi connectivity index (χ2n) is 2.46. The van der Waals surface area contributed by atoms with Crippen molar-refractivity contribution >= 4 is 25.0 Å². The van der Waals surface area contributed by atoms with E-state index in [1.54, 1.807) is 6.92 Å². The minimum atomic E-state index is -0.789. The van der Waals surface area contributed by atoms with Crippen molar-refractivity contribution in [2.24, 2.45) is 0 Å². The number of aliphatic hydroxyl groups is 1. The van der Waals surface area contributed by atoms with Crippen LogP contribution in [0.3, 0.4) is 0 Å². The van der Waals surface area contributed by atoms with Crippen molar-refractivity contribution in [2.45, 2.75) is 12.5 Å². The van der Waals surface area contributed by atoms with Gasteiger partial charge in [0.25, 0.3) is 0 Å². The predicted molar refractivity (Wildman–Crippen MR) is 54.8 cm³/mol. The van der Waals surface area contributed by atoms with Gasteiger partial charge in [-0.3, -0.25) is 0 Å². The molecule has 1 atom stereocenters. The van der Waals surface area contributed by atoms with Crippen molar-refractivity contribution in [2.75, 3.05) is 18.8 Å². The highest BCUT2D eigenvalue weighted by Gasteiger charge is 2.12. The van der Waals surface area contributed by atoms with Crippen LogP contribution < -0.4 is 5.32 Å². The minimum absolute atomic E-state index is 0. The van der Waals surface area contributed by atoms with Gasteiger partial charge < -0.3 is 10.4 Å². The van der Waals surface area contributed by atoms with Gasteiger partial charge in [-0.15, -0.1) is 19.0 Å². The van der Waals surface area contributed by atoms with E-state index >= 15 is 0 Å². The molecule has 0 spiro atoms. The van der Waals surface area contributed by atoms with Crippen molar-refractivity contribution in [3.63, 3.8) is 0 Å². The summed E-state index contributed by atoms with van der Waals surface area (Å²) in [4.78, 5) is 0. The molecule has 68 valence electrons.